The van der Waals surface area contributed by atoms with Crippen molar-refractivity contribution in [2.45, 2.75) is 24.9 Å². The maximum atomic E-state index is 13.4. The summed E-state index contributed by atoms with van der Waals surface area (Å²) in [6, 6.07) is 3.85. The molecule has 1 fully saturated rings. The number of ether oxygens (including phenoxy) is 1. The minimum atomic E-state index is -4.25. The number of hydrogen-bond acceptors (Lipinski definition) is 6. The highest BCUT2D eigenvalue weighted by Gasteiger charge is 2.36. The number of likely N-dealkylation sites (tertiary alicyclic amines) is 1. The number of carbonyl (C=O) groups is 1. The van der Waals surface area contributed by atoms with E-state index in [0.29, 0.717) is 25.0 Å². The minimum absolute atomic E-state index is 0.0453. The van der Waals surface area contributed by atoms with Crippen LogP contribution in [-0.2, 0) is 4.79 Å². The normalized spacial score (nSPS) is 16.8. The summed E-state index contributed by atoms with van der Waals surface area (Å²) in [6.07, 6.45) is -3.44. The fourth-order valence-corrected chi connectivity index (χ4v) is 3.32. The fourth-order valence-electron chi connectivity index (χ4n) is 3.20. The average molecular weight is 477 g/mol. The molecular weight excluding hydrogens is 456 g/mol. The van der Waals surface area contributed by atoms with Gasteiger partial charge in [0.25, 0.3) is 5.91 Å². The highest BCUT2D eigenvalue weighted by Crippen LogP contribution is 2.29. The largest absolute Gasteiger partial charge is 0.484 e. The number of alkyl halides is 3. The van der Waals surface area contributed by atoms with Crippen LogP contribution in [0.5, 0.6) is 5.75 Å². The summed E-state index contributed by atoms with van der Waals surface area (Å²) in [7, 11) is 0. The second-order valence-electron chi connectivity index (χ2n) is 7.35. The van der Waals surface area contributed by atoms with E-state index < -0.39 is 24.4 Å². The standard InChI is InChI=1S/C20H21ClF4N4O3/c1-12(4-6-26-17(30)10-31-14-2-3-15(21)16(22)8-14)18-27-28-19(32-18)13-5-7-29(9-13)11-20(23,24)25/h2-3,8,13H,1,4-7,9-11H2,(H,26,30)/t13-/m0/s1. The van der Waals surface area contributed by atoms with Crippen molar-refractivity contribution in [3.05, 3.63) is 47.4 Å². The number of benzene rings is 1. The van der Waals surface area contributed by atoms with E-state index in [0.717, 1.165) is 6.07 Å². The van der Waals surface area contributed by atoms with Crippen LogP contribution in [0.3, 0.4) is 0 Å². The first kappa shape index (κ1) is 24.0. The fraction of sp³-hybridized carbons (Fsp3) is 0.450. The molecule has 0 spiro atoms. The van der Waals surface area contributed by atoms with Crippen LogP contribution < -0.4 is 10.1 Å². The van der Waals surface area contributed by atoms with E-state index in [1.165, 1.54) is 17.0 Å². The Labute approximate surface area is 186 Å². The molecule has 12 heteroatoms. The van der Waals surface area contributed by atoms with Gasteiger partial charge in [0.2, 0.25) is 11.8 Å². The molecule has 0 radical (unpaired) electrons. The Kier molecular flexibility index (Phi) is 7.73. The van der Waals surface area contributed by atoms with Gasteiger partial charge in [0.05, 0.1) is 17.5 Å². The lowest BCUT2D eigenvalue weighted by atomic mass is 10.1. The zero-order chi connectivity index (χ0) is 23.3. The van der Waals surface area contributed by atoms with Gasteiger partial charge in [-0.3, -0.25) is 9.69 Å². The first-order chi connectivity index (χ1) is 15.1. The monoisotopic (exact) mass is 476 g/mol. The molecule has 32 heavy (non-hydrogen) atoms. The predicted octanol–water partition coefficient (Wildman–Crippen LogP) is 3.81. The second kappa shape index (κ2) is 10.3. The molecule has 1 amide bonds. The van der Waals surface area contributed by atoms with Crippen LogP contribution in [-0.4, -0.2) is 60.0 Å². The van der Waals surface area contributed by atoms with Crippen LogP contribution in [0.25, 0.3) is 5.57 Å². The Bertz CT molecular complexity index is 967. The number of halogens is 5. The Morgan fingerprint density at radius 1 is 1.38 bits per heavy atom. The molecule has 174 valence electrons. The summed E-state index contributed by atoms with van der Waals surface area (Å²) < 4.78 is 61.7. The van der Waals surface area contributed by atoms with Gasteiger partial charge in [-0.15, -0.1) is 10.2 Å². The lowest BCUT2D eigenvalue weighted by Crippen LogP contribution is -2.32. The molecule has 1 aromatic carbocycles. The first-order valence-electron chi connectivity index (χ1n) is 9.76. The SMILES string of the molecule is C=C(CCNC(=O)COc1ccc(Cl)c(F)c1)c1nnc([C@H]2CCN(CC(F)(F)F)C2)o1. The summed E-state index contributed by atoms with van der Waals surface area (Å²) in [4.78, 5) is 13.2. The van der Waals surface area contributed by atoms with Gasteiger partial charge in [0, 0.05) is 24.7 Å². The van der Waals surface area contributed by atoms with Gasteiger partial charge in [-0.2, -0.15) is 13.2 Å². The van der Waals surface area contributed by atoms with Crippen molar-refractivity contribution in [3.63, 3.8) is 0 Å². The van der Waals surface area contributed by atoms with E-state index >= 15 is 0 Å². The third-order valence-electron chi connectivity index (χ3n) is 4.78. The van der Waals surface area contributed by atoms with E-state index in [-0.39, 0.29) is 48.2 Å². The zero-order valence-electron chi connectivity index (χ0n) is 16.9. The van der Waals surface area contributed by atoms with Crippen molar-refractivity contribution < 1.29 is 31.5 Å². The van der Waals surface area contributed by atoms with Crippen molar-refractivity contribution in [3.8, 4) is 5.75 Å². The number of nitrogens with one attached hydrogen (secondary N) is 1. The smallest absolute Gasteiger partial charge is 0.401 e. The van der Waals surface area contributed by atoms with Crippen LogP contribution in [0.4, 0.5) is 17.6 Å². The van der Waals surface area contributed by atoms with Gasteiger partial charge in [-0.05, 0) is 31.5 Å². The molecule has 1 N–H and O–H groups in total. The Hall–Kier alpha value is -2.66. The first-order valence-corrected chi connectivity index (χ1v) is 10.1. The molecule has 1 aromatic heterocycles. The maximum Gasteiger partial charge on any atom is 0.401 e. The highest BCUT2D eigenvalue weighted by molar-refractivity contribution is 6.30. The predicted molar refractivity (Wildman–Crippen MR) is 108 cm³/mol. The molecule has 1 aliphatic heterocycles. The van der Waals surface area contributed by atoms with Crippen LogP contribution in [0.2, 0.25) is 5.02 Å². The van der Waals surface area contributed by atoms with E-state index in [4.69, 9.17) is 20.8 Å². The molecule has 1 saturated heterocycles. The van der Waals surface area contributed by atoms with Crippen molar-refractivity contribution in [2.24, 2.45) is 0 Å². The van der Waals surface area contributed by atoms with Crippen LogP contribution in [0.15, 0.2) is 29.2 Å². The molecule has 0 bridgehead atoms. The molecule has 2 aromatic rings. The number of carbonyl (C=O) groups excluding carboxylic acids is 1. The number of amides is 1. The molecule has 0 aliphatic carbocycles. The quantitative estimate of drug-likeness (QED) is 0.554. The van der Waals surface area contributed by atoms with Crippen LogP contribution >= 0.6 is 11.6 Å². The number of aromatic nitrogens is 2. The molecule has 0 unspecified atom stereocenters. The number of nitrogens with zero attached hydrogens (tertiary/aromatic N) is 3. The minimum Gasteiger partial charge on any atom is -0.484 e. The van der Waals surface area contributed by atoms with Crippen LogP contribution in [0.1, 0.15) is 30.5 Å². The van der Waals surface area contributed by atoms with Gasteiger partial charge in [0.15, 0.2) is 6.61 Å². The van der Waals surface area contributed by atoms with Crippen molar-refractivity contribution in [2.75, 3.05) is 32.8 Å². The number of rotatable bonds is 9. The Morgan fingerprint density at radius 3 is 2.88 bits per heavy atom. The summed E-state index contributed by atoms with van der Waals surface area (Å²) in [5.74, 6) is -0.707. The van der Waals surface area contributed by atoms with Gasteiger partial charge in [0.1, 0.15) is 11.6 Å². The molecule has 1 aliphatic rings. The average Bonchev–Trinajstić information content (AvgIpc) is 3.37. The van der Waals surface area contributed by atoms with Gasteiger partial charge >= 0.3 is 6.18 Å². The molecule has 0 saturated carbocycles. The van der Waals surface area contributed by atoms with Gasteiger partial charge in [-0.25, -0.2) is 4.39 Å². The Balaban J connectivity index is 1.39. The van der Waals surface area contributed by atoms with Crippen molar-refractivity contribution in [1.82, 2.24) is 20.4 Å². The van der Waals surface area contributed by atoms with E-state index in [9.17, 15) is 22.4 Å². The van der Waals surface area contributed by atoms with E-state index in [1.807, 2.05) is 0 Å². The highest BCUT2D eigenvalue weighted by atomic mass is 35.5. The van der Waals surface area contributed by atoms with Gasteiger partial charge < -0.3 is 14.5 Å². The molecular formula is C20H21ClF4N4O3. The molecule has 3 rings (SSSR count). The summed E-state index contributed by atoms with van der Waals surface area (Å²) in [5, 5.41) is 10.4. The summed E-state index contributed by atoms with van der Waals surface area (Å²) in [5.41, 5.74) is 0.481. The van der Waals surface area contributed by atoms with Crippen LogP contribution in [0, 0.1) is 5.82 Å². The topological polar surface area (TPSA) is 80.5 Å². The lowest BCUT2D eigenvalue weighted by molar-refractivity contribution is -0.143. The van der Waals surface area contributed by atoms with E-state index in [1.54, 1.807) is 0 Å². The third kappa shape index (κ3) is 6.92. The van der Waals surface area contributed by atoms with Crippen molar-refractivity contribution >= 4 is 23.1 Å². The van der Waals surface area contributed by atoms with E-state index in [2.05, 4.69) is 22.1 Å². The maximum absolute atomic E-state index is 13.4. The van der Waals surface area contributed by atoms with Gasteiger partial charge in [-0.1, -0.05) is 18.2 Å². The number of hydrogen-bond donors (Lipinski definition) is 1. The Morgan fingerprint density at radius 2 is 2.16 bits per heavy atom. The summed E-state index contributed by atoms with van der Waals surface area (Å²) in [6.45, 7) is 3.29. The zero-order valence-corrected chi connectivity index (χ0v) is 17.7. The third-order valence-corrected chi connectivity index (χ3v) is 5.08. The molecule has 2 heterocycles. The molecule has 1 atom stereocenters. The second-order valence-corrected chi connectivity index (χ2v) is 7.76. The summed E-state index contributed by atoms with van der Waals surface area (Å²) >= 11 is 5.58. The molecule has 7 nitrogen and oxygen atoms in total. The lowest BCUT2D eigenvalue weighted by Gasteiger charge is -2.16. The van der Waals surface area contributed by atoms with Crippen molar-refractivity contribution in [1.29, 1.82) is 0 Å².